The van der Waals surface area contributed by atoms with E-state index < -0.39 is 4.92 Å². The molecule has 0 fully saturated rings. The molecule has 106 valence electrons. The van der Waals surface area contributed by atoms with Crippen LogP contribution in [-0.2, 0) is 6.54 Å². The van der Waals surface area contributed by atoms with Crippen molar-refractivity contribution >= 4 is 17.3 Å². The molecule has 1 rings (SSSR count). The van der Waals surface area contributed by atoms with Gasteiger partial charge in [-0.1, -0.05) is 32.4 Å². The number of nitro benzene ring substituents is 1. The Bertz CT molecular complexity index is 437. The van der Waals surface area contributed by atoms with E-state index in [1.807, 2.05) is 0 Å². The van der Waals surface area contributed by atoms with Crippen LogP contribution < -0.4 is 5.32 Å². The first-order chi connectivity index (χ1) is 8.98. The predicted molar refractivity (Wildman–Crippen MR) is 78.6 cm³/mol. The second kappa shape index (κ2) is 6.87. The van der Waals surface area contributed by atoms with Crippen LogP contribution in [0.1, 0.15) is 45.6 Å². The smallest absolute Gasteiger partial charge is 0.269 e. The SMILES string of the molecule is CCC(CC)(CC)NCc1cc([N+](=O)[O-])ccc1Cl. The third-order valence-electron chi connectivity index (χ3n) is 3.92. The van der Waals surface area contributed by atoms with E-state index >= 15 is 0 Å². The number of nitrogens with one attached hydrogen (secondary N) is 1. The fourth-order valence-electron chi connectivity index (χ4n) is 2.22. The second-order valence-corrected chi connectivity index (χ2v) is 5.13. The van der Waals surface area contributed by atoms with E-state index in [-0.39, 0.29) is 11.2 Å². The number of halogens is 1. The molecule has 1 aromatic carbocycles. The first-order valence-electron chi connectivity index (χ1n) is 6.65. The molecule has 0 saturated heterocycles. The number of benzene rings is 1. The van der Waals surface area contributed by atoms with Crippen molar-refractivity contribution in [3.05, 3.63) is 38.9 Å². The van der Waals surface area contributed by atoms with Gasteiger partial charge in [0.25, 0.3) is 5.69 Å². The number of hydrogen-bond donors (Lipinski definition) is 1. The highest BCUT2D eigenvalue weighted by Gasteiger charge is 2.23. The highest BCUT2D eigenvalue weighted by molar-refractivity contribution is 6.31. The summed E-state index contributed by atoms with van der Waals surface area (Å²) in [6.07, 6.45) is 3.06. The van der Waals surface area contributed by atoms with Gasteiger partial charge in [-0.25, -0.2) is 0 Å². The van der Waals surface area contributed by atoms with Gasteiger partial charge in [-0.2, -0.15) is 0 Å². The van der Waals surface area contributed by atoms with Crippen molar-refractivity contribution in [2.75, 3.05) is 0 Å². The lowest BCUT2D eigenvalue weighted by Crippen LogP contribution is -2.43. The fourth-order valence-corrected chi connectivity index (χ4v) is 2.40. The lowest BCUT2D eigenvalue weighted by molar-refractivity contribution is -0.384. The molecular weight excluding hydrogens is 264 g/mol. The highest BCUT2D eigenvalue weighted by atomic mass is 35.5. The quantitative estimate of drug-likeness (QED) is 0.600. The van der Waals surface area contributed by atoms with Gasteiger partial charge in [-0.05, 0) is 30.9 Å². The summed E-state index contributed by atoms with van der Waals surface area (Å²) in [6.45, 7) is 7.00. The molecule has 0 spiro atoms. The van der Waals surface area contributed by atoms with Crippen LogP contribution in [0, 0.1) is 10.1 Å². The zero-order valence-corrected chi connectivity index (χ0v) is 12.5. The number of nitrogens with zero attached hydrogens (tertiary/aromatic N) is 1. The summed E-state index contributed by atoms with van der Waals surface area (Å²) in [5.74, 6) is 0. The van der Waals surface area contributed by atoms with Gasteiger partial charge in [0.2, 0.25) is 0 Å². The maximum Gasteiger partial charge on any atom is 0.269 e. The number of rotatable bonds is 7. The molecule has 0 amide bonds. The molecule has 19 heavy (non-hydrogen) atoms. The van der Waals surface area contributed by atoms with Crippen molar-refractivity contribution in [2.45, 2.75) is 52.1 Å². The summed E-state index contributed by atoms with van der Waals surface area (Å²) in [7, 11) is 0. The number of nitro groups is 1. The van der Waals surface area contributed by atoms with Gasteiger partial charge in [0, 0.05) is 29.2 Å². The summed E-state index contributed by atoms with van der Waals surface area (Å²) in [5, 5.41) is 14.8. The zero-order chi connectivity index (χ0) is 14.5. The van der Waals surface area contributed by atoms with Crippen molar-refractivity contribution in [3.8, 4) is 0 Å². The highest BCUT2D eigenvalue weighted by Crippen LogP contribution is 2.25. The molecule has 0 bridgehead atoms. The lowest BCUT2D eigenvalue weighted by atomic mass is 9.89. The van der Waals surface area contributed by atoms with Gasteiger partial charge in [0.05, 0.1) is 4.92 Å². The van der Waals surface area contributed by atoms with Crippen LogP contribution in [-0.4, -0.2) is 10.5 Å². The van der Waals surface area contributed by atoms with E-state index in [2.05, 4.69) is 26.1 Å². The van der Waals surface area contributed by atoms with Crippen molar-refractivity contribution in [3.63, 3.8) is 0 Å². The van der Waals surface area contributed by atoms with Gasteiger partial charge < -0.3 is 5.32 Å². The molecular formula is C14H21ClN2O2. The molecule has 0 aliphatic heterocycles. The third kappa shape index (κ3) is 3.91. The standard InChI is InChI=1S/C14H21ClN2O2/c1-4-14(5-2,6-3)16-10-11-9-12(17(18)19)7-8-13(11)15/h7-9,16H,4-6,10H2,1-3H3. The van der Waals surface area contributed by atoms with Crippen LogP contribution in [0.25, 0.3) is 0 Å². The number of non-ortho nitro benzene ring substituents is 1. The van der Waals surface area contributed by atoms with Crippen LogP contribution in [0.15, 0.2) is 18.2 Å². The van der Waals surface area contributed by atoms with E-state index in [9.17, 15) is 10.1 Å². The minimum atomic E-state index is -0.396. The summed E-state index contributed by atoms with van der Waals surface area (Å²) < 4.78 is 0. The average Bonchev–Trinajstić information content (AvgIpc) is 2.42. The molecule has 1 aromatic rings. The molecule has 0 atom stereocenters. The van der Waals surface area contributed by atoms with E-state index in [1.54, 1.807) is 12.1 Å². The number of hydrogen-bond acceptors (Lipinski definition) is 3. The molecule has 1 N–H and O–H groups in total. The molecule has 0 saturated carbocycles. The average molecular weight is 285 g/mol. The Kier molecular flexibility index (Phi) is 5.76. The molecule has 0 heterocycles. The van der Waals surface area contributed by atoms with Gasteiger partial charge in [0.15, 0.2) is 0 Å². The lowest BCUT2D eigenvalue weighted by Gasteiger charge is -2.32. The zero-order valence-electron chi connectivity index (χ0n) is 11.7. The molecule has 5 heteroatoms. The molecule has 0 aromatic heterocycles. The topological polar surface area (TPSA) is 55.2 Å². The normalized spacial score (nSPS) is 11.6. The van der Waals surface area contributed by atoms with Crippen molar-refractivity contribution in [1.82, 2.24) is 5.32 Å². The summed E-state index contributed by atoms with van der Waals surface area (Å²) in [6, 6.07) is 4.56. The van der Waals surface area contributed by atoms with Gasteiger partial charge in [0.1, 0.15) is 0 Å². The van der Waals surface area contributed by atoms with Gasteiger partial charge in [-0.15, -0.1) is 0 Å². The van der Waals surface area contributed by atoms with E-state index in [1.165, 1.54) is 6.07 Å². The van der Waals surface area contributed by atoms with Crippen molar-refractivity contribution in [1.29, 1.82) is 0 Å². The van der Waals surface area contributed by atoms with Gasteiger partial charge >= 0.3 is 0 Å². The van der Waals surface area contributed by atoms with Crippen LogP contribution in [0.2, 0.25) is 5.02 Å². The Balaban J connectivity index is 2.87. The first kappa shape index (κ1) is 15.9. The van der Waals surface area contributed by atoms with Crippen LogP contribution in [0.3, 0.4) is 0 Å². The largest absolute Gasteiger partial charge is 0.307 e. The van der Waals surface area contributed by atoms with Crippen LogP contribution in [0.4, 0.5) is 5.69 Å². The summed E-state index contributed by atoms with van der Waals surface area (Å²) in [5.41, 5.74) is 0.931. The molecule has 4 nitrogen and oxygen atoms in total. The predicted octanol–water partition coefficient (Wildman–Crippen LogP) is 4.31. The molecule has 0 aliphatic rings. The Morgan fingerprint density at radius 3 is 2.32 bits per heavy atom. The minimum Gasteiger partial charge on any atom is -0.307 e. The Morgan fingerprint density at radius 1 is 1.26 bits per heavy atom. The maximum absolute atomic E-state index is 10.8. The molecule has 0 radical (unpaired) electrons. The Hall–Kier alpha value is -1.13. The maximum atomic E-state index is 10.8. The molecule has 0 aliphatic carbocycles. The Labute approximate surface area is 119 Å². The van der Waals surface area contributed by atoms with E-state index in [0.717, 1.165) is 24.8 Å². The molecule has 0 unspecified atom stereocenters. The van der Waals surface area contributed by atoms with E-state index in [0.29, 0.717) is 11.6 Å². The fraction of sp³-hybridized carbons (Fsp3) is 0.571. The Morgan fingerprint density at radius 2 is 1.84 bits per heavy atom. The van der Waals surface area contributed by atoms with Crippen LogP contribution in [0.5, 0.6) is 0 Å². The third-order valence-corrected chi connectivity index (χ3v) is 4.29. The summed E-state index contributed by atoms with van der Waals surface area (Å²) in [4.78, 5) is 10.4. The van der Waals surface area contributed by atoms with Crippen molar-refractivity contribution < 1.29 is 4.92 Å². The van der Waals surface area contributed by atoms with Crippen LogP contribution >= 0.6 is 11.6 Å². The van der Waals surface area contributed by atoms with E-state index in [4.69, 9.17) is 11.6 Å². The monoisotopic (exact) mass is 284 g/mol. The second-order valence-electron chi connectivity index (χ2n) is 4.73. The first-order valence-corrected chi connectivity index (χ1v) is 7.03. The summed E-state index contributed by atoms with van der Waals surface area (Å²) >= 11 is 6.10. The minimum absolute atomic E-state index is 0.0773. The van der Waals surface area contributed by atoms with Gasteiger partial charge in [-0.3, -0.25) is 10.1 Å². The van der Waals surface area contributed by atoms with Crippen molar-refractivity contribution in [2.24, 2.45) is 0 Å².